The van der Waals surface area contributed by atoms with Crippen LogP contribution in [0, 0.1) is 13.8 Å². The van der Waals surface area contributed by atoms with Crippen LogP contribution in [0.25, 0.3) is 0 Å². The van der Waals surface area contributed by atoms with Crippen molar-refractivity contribution >= 4 is 11.6 Å². The van der Waals surface area contributed by atoms with Gasteiger partial charge >= 0.3 is 0 Å². The first-order valence-electron chi connectivity index (χ1n) is 6.69. The molecule has 0 spiro atoms. The average Bonchev–Trinajstić information content (AvgIpc) is 2.37. The van der Waals surface area contributed by atoms with Crippen molar-refractivity contribution in [1.29, 1.82) is 0 Å². The van der Waals surface area contributed by atoms with Gasteiger partial charge < -0.3 is 10.1 Å². The highest BCUT2D eigenvalue weighted by molar-refractivity contribution is 6.33. The highest BCUT2D eigenvalue weighted by atomic mass is 35.5. The number of nitrogens with one attached hydrogen (secondary N) is 1. The van der Waals surface area contributed by atoms with Crippen molar-refractivity contribution in [2.45, 2.75) is 45.6 Å². The van der Waals surface area contributed by atoms with Gasteiger partial charge in [-0.3, -0.25) is 0 Å². The molecule has 18 heavy (non-hydrogen) atoms. The van der Waals surface area contributed by atoms with Gasteiger partial charge in [-0.2, -0.15) is 0 Å². The first-order chi connectivity index (χ1) is 8.63. The zero-order valence-corrected chi connectivity index (χ0v) is 12.2. The second kappa shape index (κ2) is 5.94. The van der Waals surface area contributed by atoms with Crippen molar-refractivity contribution in [2.75, 3.05) is 13.7 Å². The SMILES string of the molecule is COc1c(Cl)c(C)cc(C)c1CC1CCCCN1. The van der Waals surface area contributed by atoms with E-state index in [1.165, 1.54) is 30.4 Å². The lowest BCUT2D eigenvalue weighted by Gasteiger charge is -2.25. The number of aryl methyl sites for hydroxylation is 2. The number of hydrogen-bond donors (Lipinski definition) is 1. The second-order valence-corrected chi connectivity index (χ2v) is 5.57. The van der Waals surface area contributed by atoms with E-state index in [9.17, 15) is 0 Å². The van der Waals surface area contributed by atoms with E-state index in [0.717, 1.165) is 29.3 Å². The number of piperidine rings is 1. The van der Waals surface area contributed by atoms with Gasteiger partial charge in [-0.15, -0.1) is 0 Å². The van der Waals surface area contributed by atoms with Gasteiger partial charge in [0.15, 0.2) is 0 Å². The van der Waals surface area contributed by atoms with Crippen LogP contribution in [0.3, 0.4) is 0 Å². The van der Waals surface area contributed by atoms with Crippen LogP contribution in [0.1, 0.15) is 36.0 Å². The van der Waals surface area contributed by atoms with E-state index in [1.54, 1.807) is 7.11 Å². The van der Waals surface area contributed by atoms with E-state index < -0.39 is 0 Å². The number of halogens is 1. The predicted molar refractivity (Wildman–Crippen MR) is 76.8 cm³/mol. The third kappa shape index (κ3) is 2.81. The Bertz CT molecular complexity index is 425. The molecule has 0 bridgehead atoms. The van der Waals surface area contributed by atoms with Crippen LogP contribution in [0.2, 0.25) is 5.02 Å². The topological polar surface area (TPSA) is 21.3 Å². The summed E-state index contributed by atoms with van der Waals surface area (Å²) < 4.78 is 5.52. The summed E-state index contributed by atoms with van der Waals surface area (Å²) in [6.07, 6.45) is 4.86. The average molecular weight is 268 g/mol. The quantitative estimate of drug-likeness (QED) is 0.903. The number of benzene rings is 1. The zero-order valence-electron chi connectivity index (χ0n) is 11.5. The Hall–Kier alpha value is -0.730. The molecule has 1 aromatic carbocycles. The maximum absolute atomic E-state index is 6.34. The summed E-state index contributed by atoms with van der Waals surface area (Å²) in [7, 11) is 1.71. The van der Waals surface area contributed by atoms with Gasteiger partial charge in [-0.25, -0.2) is 0 Å². The Morgan fingerprint density at radius 1 is 1.33 bits per heavy atom. The van der Waals surface area contributed by atoms with Crippen LogP contribution >= 0.6 is 11.6 Å². The Morgan fingerprint density at radius 2 is 2.11 bits per heavy atom. The smallest absolute Gasteiger partial charge is 0.141 e. The zero-order chi connectivity index (χ0) is 13.1. The largest absolute Gasteiger partial charge is 0.495 e. The van der Waals surface area contributed by atoms with E-state index in [4.69, 9.17) is 16.3 Å². The predicted octanol–water partition coefficient (Wildman–Crippen LogP) is 3.65. The molecule has 1 aromatic rings. The Labute approximate surface area is 115 Å². The fourth-order valence-electron chi connectivity index (χ4n) is 2.78. The molecule has 1 saturated heterocycles. The van der Waals surface area contributed by atoms with Gasteiger partial charge in [0.25, 0.3) is 0 Å². The molecule has 2 rings (SSSR count). The minimum absolute atomic E-state index is 0.560. The van der Waals surface area contributed by atoms with Crippen LogP contribution in [0.5, 0.6) is 5.75 Å². The molecule has 0 radical (unpaired) electrons. The van der Waals surface area contributed by atoms with E-state index in [0.29, 0.717) is 6.04 Å². The van der Waals surface area contributed by atoms with Crippen molar-refractivity contribution < 1.29 is 4.74 Å². The second-order valence-electron chi connectivity index (χ2n) is 5.19. The summed E-state index contributed by atoms with van der Waals surface area (Å²) in [6, 6.07) is 2.72. The molecule has 0 aromatic heterocycles. The Balaban J connectivity index is 2.28. The lowest BCUT2D eigenvalue weighted by Crippen LogP contribution is -2.35. The normalized spacial score (nSPS) is 19.9. The molecule has 1 aliphatic heterocycles. The molecule has 2 nitrogen and oxygen atoms in total. The molecular formula is C15H22ClNO. The maximum atomic E-state index is 6.34. The Morgan fingerprint density at radius 3 is 2.72 bits per heavy atom. The summed E-state index contributed by atoms with van der Waals surface area (Å²) >= 11 is 6.34. The van der Waals surface area contributed by atoms with Crippen molar-refractivity contribution in [1.82, 2.24) is 5.32 Å². The first-order valence-corrected chi connectivity index (χ1v) is 7.07. The molecule has 1 atom stereocenters. The summed E-state index contributed by atoms with van der Waals surface area (Å²) in [6.45, 7) is 5.30. The molecule has 0 amide bonds. The van der Waals surface area contributed by atoms with Gasteiger partial charge in [0.1, 0.15) is 5.75 Å². The lowest BCUT2D eigenvalue weighted by molar-refractivity contribution is 0.381. The van der Waals surface area contributed by atoms with Crippen LogP contribution in [0.4, 0.5) is 0 Å². The minimum atomic E-state index is 0.560. The fraction of sp³-hybridized carbons (Fsp3) is 0.600. The number of ether oxygens (including phenoxy) is 1. The highest BCUT2D eigenvalue weighted by Gasteiger charge is 2.19. The molecule has 100 valence electrons. The maximum Gasteiger partial charge on any atom is 0.141 e. The van der Waals surface area contributed by atoms with Gasteiger partial charge in [-0.1, -0.05) is 24.1 Å². The molecular weight excluding hydrogens is 246 g/mol. The number of methoxy groups -OCH3 is 1. The first kappa shape index (κ1) is 13.7. The van der Waals surface area contributed by atoms with Crippen molar-refractivity contribution in [2.24, 2.45) is 0 Å². The van der Waals surface area contributed by atoms with E-state index >= 15 is 0 Å². The van der Waals surface area contributed by atoms with Crippen LogP contribution < -0.4 is 10.1 Å². The van der Waals surface area contributed by atoms with E-state index in [2.05, 4.69) is 18.3 Å². The monoisotopic (exact) mass is 267 g/mol. The molecule has 1 unspecified atom stereocenters. The minimum Gasteiger partial charge on any atom is -0.495 e. The van der Waals surface area contributed by atoms with Gasteiger partial charge in [0.2, 0.25) is 0 Å². The van der Waals surface area contributed by atoms with Crippen LogP contribution in [-0.4, -0.2) is 19.7 Å². The molecule has 0 saturated carbocycles. The number of rotatable bonds is 3. The number of hydrogen-bond acceptors (Lipinski definition) is 2. The summed E-state index contributed by atoms with van der Waals surface area (Å²) in [5, 5.41) is 4.34. The summed E-state index contributed by atoms with van der Waals surface area (Å²) in [5.74, 6) is 0.863. The fourth-order valence-corrected chi connectivity index (χ4v) is 3.02. The highest BCUT2D eigenvalue weighted by Crippen LogP contribution is 2.35. The van der Waals surface area contributed by atoms with Crippen molar-refractivity contribution in [3.8, 4) is 5.75 Å². The van der Waals surface area contributed by atoms with Crippen molar-refractivity contribution in [3.63, 3.8) is 0 Å². The Kier molecular flexibility index (Phi) is 4.52. The van der Waals surface area contributed by atoms with Gasteiger partial charge in [0.05, 0.1) is 12.1 Å². The van der Waals surface area contributed by atoms with Gasteiger partial charge in [0, 0.05) is 11.6 Å². The third-order valence-electron chi connectivity index (χ3n) is 3.80. The van der Waals surface area contributed by atoms with E-state index in [1.807, 2.05) is 6.92 Å². The standard InChI is InChI=1S/C15H22ClNO/c1-10-8-11(2)14(16)15(18-3)13(10)9-12-6-4-5-7-17-12/h8,12,17H,4-7,9H2,1-3H3. The van der Waals surface area contributed by atoms with Crippen molar-refractivity contribution in [3.05, 3.63) is 27.8 Å². The molecule has 3 heteroatoms. The molecule has 0 aliphatic carbocycles. The van der Waals surface area contributed by atoms with E-state index in [-0.39, 0.29) is 0 Å². The van der Waals surface area contributed by atoms with Crippen LogP contribution in [0.15, 0.2) is 6.07 Å². The molecule has 1 N–H and O–H groups in total. The summed E-state index contributed by atoms with van der Waals surface area (Å²) in [5.41, 5.74) is 3.62. The molecule has 1 aliphatic rings. The van der Waals surface area contributed by atoms with Gasteiger partial charge in [-0.05, 0) is 50.8 Å². The molecule has 1 heterocycles. The summed E-state index contributed by atoms with van der Waals surface area (Å²) in [4.78, 5) is 0. The molecule has 1 fully saturated rings. The third-order valence-corrected chi connectivity index (χ3v) is 4.27. The van der Waals surface area contributed by atoms with Crippen LogP contribution in [-0.2, 0) is 6.42 Å². The lowest BCUT2D eigenvalue weighted by atomic mass is 9.93.